The van der Waals surface area contributed by atoms with Crippen LogP contribution in [0.1, 0.15) is 52.9 Å². The average Bonchev–Trinajstić information content (AvgIpc) is 2.42. The molecule has 0 saturated heterocycles. The zero-order chi connectivity index (χ0) is 17.2. The molecule has 0 aromatic rings. The molecule has 0 aromatic carbocycles. The van der Waals surface area contributed by atoms with Gasteiger partial charge in [-0.15, -0.1) is 0 Å². The van der Waals surface area contributed by atoms with Crippen molar-refractivity contribution in [2.75, 3.05) is 6.61 Å². The Bertz CT molecular complexity index is 495. The Balaban J connectivity index is 5.02. The van der Waals surface area contributed by atoms with E-state index >= 15 is 0 Å². The van der Waals surface area contributed by atoms with Gasteiger partial charge in [-0.3, -0.25) is 9.35 Å². The molecule has 0 aliphatic heterocycles. The van der Waals surface area contributed by atoms with Gasteiger partial charge < -0.3 is 9.47 Å². The van der Waals surface area contributed by atoms with Crippen molar-refractivity contribution in [3.8, 4) is 0 Å². The van der Waals surface area contributed by atoms with Crippen LogP contribution in [0.5, 0.6) is 0 Å². The maximum absolute atomic E-state index is 11.8. The number of unbranched alkanes of at least 4 members (excludes halogenated alkanes) is 2. The van der Waals surface area contributed by atoms with Crippen LogP contribution in [0, 0.1) is 0 Å². The summed E-state index contributed by atoms with van der Waals surface area (Å²) in [5.41, 5.74) is 0. The van der Waals surface area contributed by atoms with Gasteiger partial charge in [0.2, 0.25) is 0 Å². The van der Waals surface area contributed by atoms with E-state index in [9.17, 15) is 22.6 Å². The molecule has 0 radical (unpaired) electrons. The fourth-order valence-electron chi connectivity index (χ4n) is 1.66. The zero-order valence-corrected chi connectivity index (χ0v) is 14.0. The number of esters is 2. The topological polar surface area (TPSA) is 107 Å². The van der Waals surface area contributed by atoms with Crippen molar-refractivity contribution in [3.63, 3.8) is 0 Å². The maximum Gasteiger partial charge on any atom is 0.330 e. The average molecular weight is 336 g/mol. The van der Waals surface area contributed by atoms with Gasteiger partial charge in [-0.1, -0.05) is 32.8 Å². The third kappa shape index (κ3) is 6.57. The smallest absolute Gasteiger partial charge is 0.330 e. The number of rotatable bonds is 10. The largest absolute Gasteiger partial charge is 0.457 e. The Morgan fingerprint density at radius 2 is 1.86 bits per heavy atom. The van der Waals surface area contributed by atoms with Gasteiger partial charge in [-0.05, 0) is 13.3 Å². The summed E-state index contributed by atoms with van der Waals surface area (Å²) in [6, 6.07) is 0. The molecule has 8 heteroatoms. The van der Waals surface area contributed by atoms with E-state index in [2.05, 4.69) is 0 Å². The van der Waals surface area contributed by atoms with E-state index in [0.717, 1.165) is 18.9 Å². The second-order valence-corrected chi connectivity index (χ2v) is 6.47. The summed E-state index contributed by atoms with van der Waals surface area (Å²) in [6.45, 7) is 4.20. The molecular formula is C14H24O7S. The van der Waals surface area contributed by atoms with Crippen LogP contribution in [-0.4, -0.2) is 36.4 Å². The minimum Gasteiger partial charge on any atom is -0.457 e. The lowest BCUT2D eigenvalue weighted by Gasteiger charge is -2.28. The predicted octanol–water partition coefficient (Wildman–Crippen LogP) is 2.22. The van der Waals surface area contributed by atoms with Gasteiger partial charge in [0.25, 0.3) is 4.93 Å². The quantitative estimate of drug-likeness (QED) is 0.282. The molecule has 0 aliphatic rings. The van der Waals surface area contributed by atoms with Gasteiger partial charge in [0, 0.05) is 18.9 Å². The number of ether oxygens (including phenoxy) is 2. The van der Waals surface area contributed by atoms with Gasteiger partial charge in [0.05, 0.1) is 0 Å². The van der Waals surface area contributed by atoms with Crippen LogP contribution in [0.15, 0.2) is 12.2 Å². The van der Waals surface area contributed by atoms with Crippen LogP contribution in [0.4, 0.5) is 0 Å². The molecule has 0 aliphatic carbocycles. The lowest BCUT2D eigenvalue weighted by molar-refractivity contribution is -0.162. The van der Waals surface area contributed by atoms with Gasteiger partial charge in [-0.25, -0.2) is 4.79 Å². The van der Waals surface area contributed by atoms with Gasteiger partial charge in [0.15, 0.2) is 0 Å². The summed E-state index contributed by atoms with van der Waals surface area (Å²) in [7, 11) is -4.76. The normalized spacial score (nSPS) is 14.5. The first kappa shape index (κ1) is 20.6. The Labute approximate surface area is 131 Å². The number of carbonyl (C=O) groups is 2. The first-order valence-corrected chi connectivity index (χ1v) is 8.64. The molecule has 128 valence electrons. The van der Waals surface area contributed by atoms with Crippen molar-refractivity contribution in [1.82, 2.24) is 0 Å². The van der Waals surface area contributed by atoms with Crippen molar-refractivity contribution < 1.29 is 32.0 Å². The summed E-state index contributed by atoms with van der Waals surface area (Å²) in [4.78, 5) is 20.8. The van der Waals surface area contributed by atoms with Crippen molar-refractivity contribution in [2.24, 2.45) is 0 Å². The molecule has 0 spiro atoms. The lowest BCUT2D eigenvalue weighted by atomic mass is 10.2. The molecule has 0 fully saturated rings. The van der Waals surface area contributed by atoms with E-state index < -0.39 is 33.6 Å². The molecular weight excluding hydrogens is 312 g/mol. The summed E-state index contributed by atoms with van der Waals surface area (Å²) < 4.78 is 42.3. The fourth-order valence-corrected chi connectivity index (χ4v) is 2.43. The van der Waals surface area contributed by atoms with Crippen LogP contribution in [-0.2, 0) is 29.2 Å². The van der Waals surface area contributed by atoms with Crippen LogP contribution in [0.25, 0.3) is 0 Å². The highest BCUT2D eigenvalue weighted by Gasteiger charge is 2.46. The standard InChI is InChI=1S/C14H24O7S/c1-4-7-8-10-13(16)21-14(6-3,22(17,18)19)11-20-12(15)9-5-2/h5,9H,4,6-8,10-11H2,1-3H3,(H,17,18,19). The lowest BCUT2D eigenvalue weighted by Crippen LogP contribution is -2.47. The van der Waals surface area contributed by atoms with E-state index in [1.807, 2.05) is 6.92 Å². The molecule has 1 N–H and O–H groups in total. The highest BCUT2D eigenvalue weighted by molar-refractivity contribution is 7.87. The highest BCUT2D eigenvalue weighted by atomic mass is 32.2. The Kier molecular flexibility index (Phi) is 8.96. The summed E-state index contributed by atoms with van der Waals surface area (Å²) in [6.07, 6.45) is 4.55. The number of carbonyl (C=O) groups excluding carboxylic acids is 2. The molecule has 1 unspecified atom stereocenters. The van der Waals surface area contributed by atoms with Crippen molar-refractivity contribution in [3.05, 3.63) is 12.2 Å². The molecule has 0 bridgehead atoms. The maximum atomic E-state index is 11.8. The van der Waals surface area contributed by atoms with Gasteiger partial charge in [0.1, 0.15) is 6.61 Å². The third-order valence-electron chi connectivity index (χ3n) is 3.03. The van der Waals surface area contributed by atoms with Crippen LogP contribution in [0.3, 0.4) is 0 Å². The molecule has 0 rings (SSSR count). The van der Waals surface area contributed by atoms with Gasteiger partial charge >= 0.3 is 22.1 Å². The van der Waals surface area contributed by atoms with E-state index in [1.165, 1.54) is 13.0 Å². The van der Waals surface area contributed by atoms with E-state index in [0.29, 0.717) is 6.42 Å². The first-order chi connectivity index (χ1) is 10.2. The molecule has 0 amide bonds. The summed E-state index contributed by atoms with van der Waals surface area (Å²) in [5, 5.41) is 0. The zero-order valence-electron chi connectivity index (χ0n) is 13.2. The van der Waals surface area contributed by atoms with Crippen molar-refractivity contribution >= 4 is 22.1 Å². The predicted molar refractivity (Wildman–Crippen MR) is 80.6 cm³/mol. The third-order valence-corrected chi connectivity index (χ3v) is 4.46. The minimum atomic E-state index is -4.76. The van der Waals surface area contributed by atoms with Crippen molar-refractivity contribution in [2.45, 2.75) is 57.8 Å². The summed E-state index contributed by atoms with van der Waals surface area (Å²) >= 11 is 0. The van der Waals surface area contributed by atoms with E-state index in [1.54, 1.807) is 6.92 Å². The molecule has 7 nitrogen and oxygen atoms in total. The number of hydrogen-bond acceptors (Lipinski definition) is 6. The fraction of sp³-hybridized carbons (Fsp3) is 0.714. The highest BCUT2D eigenvalue weighted by Crippen LogP contribution is 2.25. The van der Waals surface area contributed by atoms with Crippen LogP contribution < -0.4 is 0 Å². The van der Waals surface area contributed by atoms with E-state index in [-0.39, 0.29) is 12.8 Å². The van der Waals surface area contributed by atoms with Crippen LogP contribution in [0.2, 0.25) is 0 Å². The summed E-state index contributed by atoms with van der Waals surface area (Å²) in [5.74, 6) is -1.54. The Morgan fingerprint density at radius 1 is 1.23 bits per heavy atom. The second kappa shape index (κ2) is 9.58. The van der Waals surface area contributed by atoms with Gasteiger partial charge in [-0.2, -0.15) is 8.42 Å². The van der Waals surface area contributed by atoms with E-state index in [4.69, 9.17) is 9.47 Å². The SMILES string of the molecule is CC=CC(=O)OCC(CC)(OC(=O)CCCCC)S(=O)(=O)O. The Hall–Kier alpha value is -1.41. The number of hydrogen-bond donors (Lipinski definition) is 1. The Morgan fingerprint density at radius 3 is 2.32 bits per heavy atom. The molecule has 1 atom stereocenters. The molecule has 0 heterocycles. The monoisotopic (exact) mass is 336 g/mol. The number of allylic oxidation sites excluding steroid dienone is 1. The second-order valence-electron chi connectivity index (χ2n) is 4.78. The molecule has 0 aromatic heterocycles. The van der Waals surface area contributed by atoms with Crippen molar-refractivity contribution in [1.29, 1.82) is 0 Å². The first-order valence-electron chi connectivity index (χ1n) is 7.20. The molecule has 0 saturated carbocycles. The van der Waals surface area contributed by atoms with Crippen LogP contribution >= 0.6 is 0 Å². The minimum absolute atomic E-state index is 0.0356. The molecule has 22 heavy (non-hydrogen) atoms.